The van der Waals surface area contributed by atoms with Gasteiger partial charge < -0.3 is 10.1 Å². The molecule has 2 aromatic rings. The minimum absolute atomic E-state index is 0.112. The Balaban J connectivity index is 1.42. The molecular formula is C20H22BrFN2O2. The number of pyridine rings is 1. The number of halogens is 2. The quantitative estimate of drug-likeness (QED) is 0.714. The van der Waals surface area contributed by atoms with Crippen molar-refractivity contribution in [3.8, 4) is 5.88 Å². The van der Waals surface area contributed by atoms with E-state index >= 15 is 0 Å². The minimum atomic E-state index is -0.297. The molecule has 1 aromatic heterocycles. The Labute approximate surface area is 161 Å². The Morgan fingerprint density at radius 2 is 2.08 bits per heavy atom. The van der Waals surface area contributed by atoms with Gasteiger partial charge >= 0.3 is 0 Å². The third kappa shape index (κ3) is 5.53. The average molecular weight is 421 g/mol. The number of amides is 1. The van der Waals surface area contributed by atoms with Gasteiger partial charge in [-0.3, -0.25) is 4.79 Å². The summed E-state index contributed by atoms with van der Waals surface area (Å²) in [6.07, 6.45) is 7.26. The number of rotatable bonds is 7. The summed E-state index contributed by atoms with van der Waals surface area (Å²) >= 11 is 3.22. The summed E-state index contributed by atoms with van der Waals surface area (Å²) in [6, 6.07) is 8.63. The van der Waals surface area contributed by atoms with Gasteiger partial charge in [0.15, 0.2) is 0 Å². The summed E-state index contributed by atoms with van der Waals surface area (Å²) in [5, 5.41) is 2.84. The Kier molecular flexibility index (Phi) is 6.61. The van der Waals surface area contributed by atoms with Crippen LogP contribution in [-0.4, -0.2) is 17.0 Å². The fraction of sp³-hybridized carbons (Fsp3) is 0.400. The number of carbonyl (C=O) groups excluding carboxylic acids is 1. The first-order valence-corrected chi connectivity index (χ1v) is 9.71. The largest absolute Gasteiger partial charge is 0.474 e. The third-order valence-electron chi connectivity index (χ3n) is 4.51. The van der Waals surface area contributed by atoms with E-state index in [1.165, 1.54) is 18.9 Å². The zero-order valence-electron chi connectivity index (χ0n) is 14.5. The second-order valence-corrected chi connectivity index (χ2v) is 7.46. The average Bonchev–Trinajstić information content (AvgIpc) is 3.13. The smallest absolute Gasteiger partial charge is 0.220 e. The first-order valence-electron chi connectivity index (χ1n) is 8.92. The summed E-state index contributed by atoms with van der Waals surface area (Å²) < 4.78 is 20.3. The molecule has 0 bridgehead atoms. The van der Waals surface area contributed by atoms with Crippen LogP contribution in [0.25, 0.3) is 0 Å². The van der Waals surface area contributed by atoms with Gasteiger partial charge in [-0.15, -0.1) is 0 Å². The minimum Gasteiger partial charge on any atom is -0.474 e. The lowest BCUT2D eigenvalue weighted by Gasteiger charge is -2.12. The molecule has 0 atom stereocenters. The van der Waals surface area contributed by atoms with Gasteiger partial charge in [0.1, 0.15) is 11.9 Å². The second-order valence-electron chi connectivity index (χ2n) is 6.54. The number of carbonyl (C=O) groups is 1. The maximum atomic E-state index is 13.8. The van der Waals surface area contributed by atoms with Crippen molar-refractivity contribution in [3.63, 3.8) is 0 Å². The van der Waals surface area contributed by atoms with Crippen LogP contribution in [0, 0.1) is 5.82 Å². The number of benzene rings is 1. The number of aromatic nitrogens is 1. The maximum Gasteiger partial charge on any atom is 0.220 e. The molecule has 1 saturated carbocycles. The molecule has 4 nitrogen and oxygen atoms in total. The van der Waals surface area contributed by atoms with E-state index in [9.17, 15) is 9.18 Å². The van der Waals surface area contributed by atoms with E-state index in [0.717, 1.165) is 18.4 Å². The monoisotopic (exact) mass is 420 g/mol. The molecule has 1 N–H and O–H groups in total. The highest BCUT2D eigenvalue weighted by molar-refractivity contribution is 9.10. The van der Waals surface area contributed by atoms with Gasteiger partial charge in [-0.1, -0.05) is 28.1 Å². The van der Waals surface area contributed by atoms with Gasteiger partial charge in [-0.2, -0.15) is 0 Å². The van der Waals surface area contributed by atoms with E-state index < -0.39 is 0 Å². The highest BCUT2D eigenvalue weighted by Gasteiger charge is 2.16. The zero-order chi connectivity index (χ0) is 18.4. The molecule has 3 rings (SSSR count). The van der Waals surface area contributed by atoms with Crippen LogP contribution in [-0.2, 0) is 17.8 Å². The lowest BCUT2D eigenvalue weighted by Crippen LogP contribution is -2.23. The van der Waals surface area contributed by atoms with E-state index in [4.69, 9.17) is 4.74 Å². The lowest BCUT2D eigenvalue weighted by atomic mass is 10.1. The molecule has 0 unspecified atom stereocenters. The van der Waals surface area contributed by atoms with Crippen molar-refractivity contribution in [1.29, 1.82) is 0 Å². The van der Waals surface area contributed by atoms with E-state index in [-0.39, 0.29) is 24.2 Å². The van der Waals surface area contributed by atoms with E-state index in [0.29, 0.717) is 28.9 Å². The summed E-state index contributed by atoms with van der Waals surface area (Å²) in [5.41, 5.74) is 1.45. The SMILES string of the molecule is O=C(CCc1ccc(Br)cc1F)NCc1ccc(OC2CCCC2)nc1. The van der Waals surface area contributed by atoms with Crippen molar-refractivity contribution in [1.82, 2.24) is 10.3 Å². The number of hydrogen-bond donors (Lipinski definition) is 1. The van der Waals surface area contributed by atoms with Gasteiger partial charge in [-0.05, 0) is 55.4 Å². The van der Waals surface area contributed by atoms with Crippen LogP contribution in [0.2, 0.25) is 0 Å². The molecule has 1 amide bonds. The number of aryl methyl sites for hydroxylation is 1. The van der Waals surface area contributed by atoms with Gasteiger partial charge in [0.25, 0.3) is 0 Å². The molecule has 1 aliphatic carbocycles. The van der Waals surface area contributed by atoms with Gasteiger partial charge in [0.05, 0.1) is 0 Å². The molecular weight excluding hydrogens is 399 g/mol. The fourth-order valence-corrected chi connectivity index (χ4v) is 3.36. The number of ether oxygens (including phenoxy) is 1. The van der Waals surface area contributed by atoms with Crippen LogP contribution in [0.1, 0.15) is 43.2 Å². The van der Waals surface area contributed by atoms with Crippen LogP contribution < -0.4 is 10.1 Å². The van der Waals surface area contributed by atoms with Crippen LogP contribution in [0.15, 0.2) is 41.0 Å². The number of nitrogens with one attached hydrogen (secondary N) is 1. The number of nitrogens with zero attached hydrogens (tertiary/aromatic N) is 1. The molecule has 6 heteroatoms. The maximum absolute atomic E-state index is 13.8. The van der Waals surface area contributed by atoms with Crippen LogP contribution >= 0.6 is 15.9 Å². The van der Waals surface area contributed by atoms with Crippen LogP contribution in [0.5, 0.6) is 5.88 Å². The van der Waals surface area contributed by atoms with Crippen LogP contribution in [0.4, 0.5) is 4.39 Å². The molecule has 0 spiro atoms. The second kappa shape index (κ2) is 9.12. The summed E-state index contributed by atoms with van der Waals surface area (Å²) in [7, 11) is 0. The molecule has 0 radical (unpaired) electrons. The Morgan fingerprint density at radius 3 is 2.77 bits per heavy atom. The predicted octanol–water partition coefficient (Wildman–Crippen LogP) is 4.55. The molecule has 1 heterocycles. The lowest BCUT2D eigenvalue weighted by molar-refractivity contribution is -0.121. The Hall–Kier alpha value is -1.95. The Morgan fingerprint density at radius 1 is 1.27 bits per heavy atom. The van der Waals surface area contributed by atoms with Crippen molar-refractivity contribution >= 4 is 21.8 Å². The van der Waals surface area contributed by atoms with Crippen molar-refractivity contribution in [2.75, 3.05) is 0 Å². The molecule has 1 aromatic carbocycles. The van der Waals surface area contributed by atoms with Crippen LogP contribution in [0.3, 0.4) is 0 Å². The molecule has 0 saturated heterocycles. The van der Waals surface area contributed by atoms with E-state index in [1.807, 2.05) is 12.1 Å². The summed E-state index contributed by atoms with van der Waals surface area (Å²) in [4.78, 5) is 16.3. The predicted molar refractivity (Wildman–Crippen MR) is 101 cm³/mol. The summed E-state index contributed by atoms with van der Waals surface area (Å²) in [6.45, 7) is 0.401. The normalized spacial score (nSPS) is 14.4. The van der Waals surface area contributed by atoms with Gasteiger partial charge in [0.2, 0.25) is 11.8 Å². The van der Waals surface area contributed by atoms with Crippen molar-refractivity contribution < 1.29 is 13.9 Å². The highest BCUT2D eigenvalue weighted by Crippen LogP contribution is 2.23. The molecule has 1 fully saturated rings. The first-order chi connectivity index (χ1) is 12.6. The molecule has 0 aliphatic heterocycles. The van der Waals surface area contributed by atoms with E-state index in [2.05, 4.69) is 26.2 Å². The standard InChI is InChI=1S/C20H22BrFN2O2/c21-16-8-6-15(18(22)11-16)7-9-19(25)23-12-14-5-10-20(24-13-14)26-17-3-1-2-4-17/h5-6,8,10-11,13,17H,1-4,7,9,12H2,(H,23,25). The third-order valence-corrected chi connectivity index (χ3v) is 5.01. The topological polar surface area (TPSA) is 51.2 Å². The van der Waals surface area contributed by atoms with Crippen molar-refractivity contribution in [2.24, 2.45) is 0 Å². The highest BCUT2D eigenvalue weighted by atomic mass is 79.9. The number of hydrogen-bond acceptors (Lipinski definition) is 3. The molecule has 26 heavy (non-hydrogen) atoms. The van der Waals surface area contributed by atoms with Crippen molar-refractivity contribution in [2.45, 2.75) is 51.2 Å². The Bertz CT molecular complexity index is 746. The van der Waals surface area contributed by atoms with Gasteiger partial charge in [-0.25, -0.2) is 9.37 Å². The zero-order valence-corrected chi connectivity index (χ0v) is 16.1. The first kappa shape index (κ1) is 18.8. The van der Waals surface area contributed by atoms with Crippen molar-refractivity contribution in [3.05, 3.63) is 57.9 Å². The summed E-state index contributed by atoms with van der Waals surface area (Å²) in [5.74, 6) is 0.227. The van der Waals surface area contributed by atoms with E-state index in [1.54, 1.807) is 18.3 Å². The molecule has 138 valence electrons. The fourth-order valence-electron chi connectivity index (χ4n) is 3.02. The van der Waals surface area contributed by atoms with Gasteiger partial charge in [0, 0.05) is 29.7 Å². The molecule has 1 aliphatic rings.